The maximum Gasteiger partial charge on any atom is 0.255 e. The van der Waals surface area contributed by atoms with E-state index in [1.165, 1.54) is 18.6 Å². The summed E-state index contributed by atoms with van der Waals surface area (Å²) in [5.41, 5.74) is 6.25. The molecule has 0 unspecified atom stereocenters. The van der Waals surface area contributed by atoms with Crippen molar-refractivity contribution in [1.29, 1.82) is 0 Å². The molecule has 1 aliphatic carbocycles. The highest BCUT2D eigenvalue weighted by Gasteiger charge is 2.35. The summed E-state index contributed by atoms with van der Waals surface area (Å²) in [7, 11) is 0. The summed E-state index contributed by atoms with van der Waals surface area (Å²) in [6, 6.07) is 3.78. The first kappa shape index (κ1) is 20.1. The Hall–Kier alpha value is -1.66. The van der Waals surface area contributed by atoms with Gasteiger partial charge in [-0.15, -0.1) is 0 Å². The summed E-state index contributed by atoms with van der Waals surface area (Å²) in [4.78, 5) is 28.9. The minimum Gasteiger partial charge on any atom is -0.339 e. The topological polar surface area (TPSA) is 66.6 Å². The van der Waals surface area contributed by atoms with Crippen LogP contribution in [0.25, 0.3) is 0 Å². The molecule has 1 saturated carbocycles. The van der Waals surface area contributed by atoms with E-state index in [1.807, 2.05) is 4.90 Å². The zero-order valence-electron chi connectivity index (χ0n) is 15.6. The van der Waals surface area contributed by atoms with E-state index in [2.05, 4.69) is 0 Å². The van der Waals surface area contributed by atoms with Crippen LogP contribution in [0.2, 0.25) is 5.02 Å². The molecule has 27 heavy (non-hydrogen) atoms. The number of piperazine rings is 1. The monoisotopic (exact) mass is 395 g/mol. The lowest BCUT2D eigenvalue weighted by Gasteiger charge is -2.39. The van der Waals surface area contributed by atoms with E-state index in [0.717, 1.165) is 31.7 Å². The number of rotatable bonds is 4. The van der Waals surface area contributed by atoms with Crippen LogP contribution in [0.3, 0.4) is 0 Å². The number of hydrogen-bond donors (Lipinski definition) is 1. The van der Waals surface area contributed by atoms with Crippen molar-refractivity contribution in [2.75, 3.05) is 32.7 Å². The molecule has 148 valence electrons. The number of amides is 2. The van der Waals surface area contributed by atoms with Gasteiger partial charge in [0.15, 0.2) is 0 Å². The van der Waals surface area contributed by atoms with Crippen LogP contribution in [0.15, 0.2) is 18.2 Å². The fourth-order valence-electron chi connectivity index (χ4n) is 4.18. The van der Waals surface area contributed by atoms with Crippen LogP contribution in [0, 0.1) is 11.2 Å². The maximum absolute atomic E-state index is 13.2. The van der Waals surface area contributed by atoms with Gasteiger partial charge in [0, 0.05) is 32.6 Å². The fourth-order valence-corrected chi connectivity index (χ4v) is 4.43. The predicted molar refractivity (Wildman–Crippen MR) is 103 cm³/mol. The van der Waals surface area contributed by atoms with Crippen molar-refractivity contribution in [3.63, 3.8) is 0 Å². The van der Waals surface area contributed by atoms with Gasteiger partial charge < -0.3 is 15.5 Å². The number of carbonyl (C=O) groups excluding carboxylic acids is 2. The molecule has 5 nitrogen and oxygen atoms in total. The summed E-state index contributed by atoms with van der Waals surface area (Å²) in [6.45, 7) is 2.47. The van der Waals surface area contributed by atoms with E-state index in [1.54, 1.807) is 4.90 Å². The van der Waals surface area contributed by atoms with Gasteiger partial charge in [-0.3, -0.25) is 9.59 Å². The second kappa shape index (κ2) is 8.57. The molecule has 1 aromatic rings. The zero-order valence-corrected chi connectivity index (χ0v) is 16.3. The van der Waals surface area contributed by atoms with Gasteiger partial charge in [0.05, 0.1) is 10.6 Å². The minimum atomic E-state index is -0.469. The standard InChI is InChI=1S/C20H27ClFN3O2/c21-17-12-15(22)4-5-16(17)19(27)25-10-8-24(9-11-25)18(26)13-20(14-23)6-2-1-3-7-20/h4-5,12H,1-3,6-11,13-14,23H2. The lowest BCUT2D eigenvalue weighted by molar-refractivity contribution is -0.135. The predicted octanol–water partition coefficient (Wildman–Crippen LogP) is 3.06. The number of nitrogens with zero attached hydrogens (tertiary/aromatic N) is 2. The minimum absolute atomic E-state index is 0.0517. The first-order valence-corrected chi connectivity index (χ1v) is 10.0. The molecule has 1 aromatic carbocycles. The highest BCUT2D eigenvalue weighted by molar-refractivity contribution is 6.33. The first-order chi connectivity index (χ1) is 12.9. The molecule has 1 aliphatic heterocycles. The highest BCUT2D eigenvalue weighted by Crippen LogP contribution is 2.38. The molecule has 0 spiro atoms. The van der Waals surface area contributed by atoms with Crippen molar-refractivity contribution < 1.29 is 14.0 Å². The van der Waals surface area contributed by atoms with E-state index < -0.39 is 5.82 Å². The van der Waals surface area contributed by atoms with E-state index >= 15 is 0 Å². The van der Waals surface area contributed by atoms with E-state index in [-0.39, 0.29) is 22.3 Å². The summed E-state index contributed by atoms with van der Waals surface area (Å²) >= 11 is 6.00. The number of benzene rings is 1. The van der Waals surface area contributed by atoms with Crippen LogP contribution in [-0.4, -0.2) is 54.3 Å². The normalized spacial score (nSPS) is 19.8. The number of carbonyl (C=O) groups is 2. The fraction of sp³-hybridized carbons (Fsp3) is 0.600. The third-order valence-electron chi connectivity index (χ3n) is 5.95. The SMILES string of the molecule is NCC1(CC(=O)N2CCN(C(=O)c3ccc(F)cc3Cl)CC2)CCCCC1. The Morgan fingerprint density at radius 2 is 1.70 bits per heavy atom. The first-order valence-electron chi connectivity index (χ1n) is 9.66. The summed E-state index contributed by atoms with van der Waals surface area (Å²) in [5, 5.41) is 0.112. The number of hydrogen-bond acceptors (Lipinski definition) is 3. The molecular weight excluding hydrogens is 369 g/mol. The molecule has 0 radical (unpaired) electrons. The number of halogens is 2. The van der Waals surface area contributed by atoms with Gasteiger partial charge in [0.1, 0.15) is 5.82 Å². The van der Waals surface area contributed by atoms with Crippen LogP contribution in [0.4, 0.5) is 4.39 Å². The van der Waals surface area contributed by atoms with Crippen molar-refractivity contribution >= 4 is 23.4 Å². The van der Waals surface area contributed by atoms with Crippen molar-refractivity contribution in [3.05, 3.63) is 34.6 Å². The quantitative estimate of drug-likeness (QED) is 0.851. The van der Waals surface area contributed by atoms with Gasteiger partial charge in [0.2, 0.25) is 5.91 Å². The molecule has 7 heteroatoms. The Morgan fingerprint density at radius 3 is 2.30 bits per heavy atom. The van der Waals surface area contributed by atoms with Crippen LogP contribution < -0.4 is 5.73 Å². The van der Waals surface area contributed by atoms with Gasteiger partial charge >= 0.3 is 0 Å². The summed E-state index contributed by atoms with van der Waals surface area (Å²) < 4.78 is 13.2. The molecule has 2 amide bonds. The molecule has 0 aromatic heterocycles. The highest BCUT2D eigenvalue weighted by atomic mass is 35.5. The Bertz CT molecular complexity index is 698. The van der Waals surface area contributed by atoms with Gasteiger partial charge in [-0.05, 0) is 43.0 Å². The largest absolute Gasteiger partial charge is 0.339 e. The van der Waals surface area contributed by atoms with Crippen LogP contribution in [0.5, 0.6) is 0 Å². The van der Waals surface area contributed by atoms with Crippen LogP contribution in [0.1, 0.15) is 48.9 Å². The molecule has 1 saturated heterocycles. The van der Waals surface area contributed by atoms with Gasteiger partial charge in [-0.2, -0.15) is 0 Å². The molecule has 2 aliphatic rings. The van der Waals surface area contributed by atoms with Crippen molar-refractivity contribution in [3.8, 4) is 0 Å². The lowest BCUT2D eigenvalue weighted by Crippen LogP contribution is -2.52. The molecular formula is C20H27ClFN3O2. The molecule has 0 atom stereocenters. The molecule has 3 rings (SSSR count). The van der Waals surface area contributed by atoms with Crippen molar-refractivity contribution in [2.24, 2.45) is 11.1 Å². The molecule has 0 bridgehead atoms. The third-order valence-corrected chi connectivity index (χ3v) is 6.27. The molecule has 1 heterocycles. The Balaban J connectivity index is 1.56. The Kier molecular flexibility index (Phi) is 6.37. The molecule has 2 N–H and O–H groups in total. The van der Waals surface area contributed by atoms with E-state index in [0.29, 0.717) is 44.7 Å². The summed E-state index contributed by atoms with van der Waals surface area (Å²) in [6.07, 6.45) is 6.06. The average molecular weight is 396 g/mol. The zero-order chi connectivity index (χ0) is 19.4. The van der Waals surface area contributed by atoms with Crippen molar-refractivity contribution in [2.45, 2.75) is 38.5 Å². The van der Waals surface area contributed by atoms with Crippen LogP contribution in [-0.2, 0) is 4.79 Å². The number of nitrogens with two attached hydrogens (primary N) is 1. The van der Waals surface area contributed by atoms with Gasteiger partial charge in [-0.1, -0.05) is 30.9 Å². The Labute approximate surface area is 164 Å². The lowest BCUT2D eigenvalue weighted by atomic mass is 9.71. The third kappa shape index (κ3) is 4.61. The van der Waals surface area contributed by atoms with Crippen molar-refractivity contribution in [1.82, 2.24) is 9.80 Å². The summed E-state index contributed by atoms with van der Waals surface area (Å²) in [5.74, 6) is -0.560. The van der Waals surface area contributed by atoms with Gasteiger partial charge in [0.25, 0.3) is 5.91 Å². The average Bonchev–Trinajstić information content (AvgIpc) is 2.68. The van der Waals surface area contributed by atoms with E-state index in [4.69, 9.17) is 17.3 Å². The van der Waals surface area contributed by atoms with Gasteiger partial charge in [-0.25, -0.2) is 4.39 Å². The smallest absolute Gasteiger partial charge is 0.255 e. The van der Waals surface area contributed by atoms with E-state index in [9.17, 15) is 14.0 Å². The second-order valence-electron chi connectivity index (χ2n) is 7.74. The second-order valence-corrected chi connectivity index (χ2v) is 8.15. The Morgan fingerprint density at radius 1 is 1.07 bits per heavy atom. The van der Waals surface area contributed by atoms with Crippen LogP contribution >= 0.6 is 11.6 Å². The molecule has 2 fully saturated rings. The maximum atomic E-state index is 13.2.